The molecule has 0 saturated carbocycles. The Labute approximate surface area is 124 Å². The highest BCUT2D eigenvalue weighted by Crippen LogP contribution is 2.25. The number of phenols is 1. The number of benzene rings is 1. The summed E-state index contributed by atoms with van der Waals surface area (Å²) in [6.07, 6.45) is 1.00. The maximum Gasteiger partial charge on any atom is 0.417 e. The minimum absolute atomic E-state index is 0.183. The number of nitrogens with zero attached hydrogens (tertiary/aromatic N) is 1. The van der Waals surface area contributed by atoms with Gasteiger partial charge in [0, 0.05) is 12.5 Å². The highest BCUT2D eigenvalue weighted by atomic mass is 16.6. The number of carbonyl (C=O) groups excluding carboxylic acids is 2. The highest BCUT2D eigenvalue weighted by Gasteiger charge is 2.38. The Morgan fingerprint density at radius 2 is 1.95 bits per heavy atom. The topological polar surface area (TPSA) is 66.8 Å². The molecule has 1 N–H and O–H groups in total. The summed E-state index contributed by atoms with van der Waals surface area (Å²) < 4.78 is 5.31. The van der Waals surface area contributed by atoms with Gasteiger partial charge in [0.15, 0.2) is 0 Å². The molecule has 2 amide bonds. The molecule has 1 heterocycles. The number of hydrogen-bond acceptors (Lipinski definition) is 4. The zero-order valence-corrected chi connectivity index (χ0v) is 12.6. The van der Waals surface area contributed by atoms with Gasteiger partial charge in [-0.25, -0.2) is 9.69 Å². The third kappa shape index (κ3) is 3.97. The van der Waals surface area contributed by atoms with E-state index in [2.05, 4.69) is 0 Å². The van der Waals surface area contributed by atoms with Crippen molar-refractivity contribution in [2.45, 2.75) is 51.7 Å². The first-order valence-corrected chi connectivity index (χ1v) is 7.09. The molecule has 21 heavy (non-hydrogen) atoms. The molecule has 0 spiro atoms. The molecule has 0 unspecified atom stereocenters. The fraction of sp³-hybridized carbons (Fsp3) is 0.500. The van der Waals surface area contributed by atoms with Crippen molar-refractivity contribution < 1.29 is 19.4 Å². The van der Waals surface area contributed by atoms with Crippen LogP contribution >= 0.6 is 0 Å². The van der Waals surface area contributed by atoms with Crippen LogP contribution in [-0.4, -0.2) is 33.6 Å². The monoisotopic (exact) mass is 291 g/mol. The molecule has 5 heteroatoms. The van der Waals surface area contributed by atoms with Crippen molar-refractivity contribution in [1.82, 2.24) is 4.90 Å². The molecule has 1 saturated heterocycles. The van der Waals surface area contributed by atoms with E-state index in [1.54, 1.807) is 45.0 Å². The van der Waals surface area contributed by atoms with Gasteiger partial charge in [-0.3, -0.25) is 4.79 Å². The van der Waals surface area contributed by atoms with Crippen molar-refractivity contribution in [2.75, 3.05) is 0 Å². The zero-order chi connectivity index (χ0) is 15.6. The average molecular weight is 291 g/mol. The number of likely N-dealkylation sites (tertiary alicyclic amines) is 1. The Bertz CT molecular complexity index is 530. The summed E-state index contributed by atoms with van der Waals surface area (Å²) in [6.45, 7) is 5.33. The second-order valence-electron chi connectivity index (χ2n) is 6.31. The predicted molar refractivity (Wildman–Crippen MR) is 77.9 cm³/mol. The van der Waals surface area contributed by atoms with E-state index in [9.17, 15) is 14.7 Å². The van der Waals surface area contributed by atoms with Gasteiger partial charge in [-0.1, -0.05) is 12.1 Å². The lowest BCUT2D eigenvalue weighted by molar-refractivity contribution is -0.128. The maximum absolute atomic E-state index is 12.2. The van der Waals surface area contributed by atoms with Crippen molar-refractivity contribution >= 4 is 12.0 Å². The minimum atomic E-state index is -0.622. The Kier molecular flexibility index (Phi) is 4.21. The highest BCUT2D eigenvalue weighted by molar-refractivity contribution is 5.94. The van der Waals surface area contributed by atoms with E-state index in [0.717, 1.165) is 5.56 Å². The average Bonchev–Trinajstić information content (AvgIpc) is 2.71. The fourth-order valence-electron chi connectivity index (χ4n) is 2.40. The molecule has 0 radical (unpaired) electrons. The number of phenolic OH excluding ortho intramolecular Hbond substituents is 1. The Hall–Kier alpha value is -2.04. The summed E-state index contributed by atoms with van der Waals surface area (Å²) in [5.74, 6) is 0.0123. The summed E-state index contributed by atoms with van der Waals surface area (Å²) in [5.41, 5.74) is 0.351. The van der Waals surface area contributed by atoms with Crippen LogP contribution in [0.4, 0.5) is 4.79 Å². The first-order valence-electron chi connectivity index (χ1n) is 7.09. The minimum Gasteiger partial charge on any atom is -0.508 e. The lowest BCUT2D eigenvalue weighted by Gasteiger charge is -2.27. The number of hydrogen-bond donors (Lipinski definition) is 1. The fourth-order valence-corrected chi connectivity index (χ4v) is 2.40. The molecular weight excluding hydrogens is 270 g/mol. The normalized spacial score (nSPS) is 18.9. The molecule has 0 aromatic heterocycles. The van der Waals surface area contributed by atoms with Crippen LogP contribution in [-0.2, 0) is 16.0 Å². The van der Waals surface area contributed by atoms with Gasteiger partial charge in [0.2, 0.25) is 5.91 Å². The molecule has 2 rings (SSSR count). The van der Waals surface area contributed by atoms with Gasteiger partial charge in [-0.15, -0.1) is 0 Å². The van der Waals surface area contributed by atoms with Crippen molar-refractivity contribution in [3.8, 4) is 5.75 Å². The molecule has 0 bridgehead atoms. The third-order valence-electron chi connectivity index (χ3n) is 3.32. The van der Waals surface area contributed by atoms with Crippen LogP contribution in [0, 0.1) is 0 Å². The van der Waals surface area contributed by atoms with Crippen LogP contribution in [0.25, 0.3) is 0 Å². The smallest absolute Gasteiger partial charge is 0.417 e. The third-order valence-corrected chi connectivity index (χ3v) is 3.32. The number of aromatic hydroxyl groups is 1. The lowest BCUT2D eigenvalue weighted by atomic mass is 10.0. The molecule has 114 valence electrons. The summed E-state index contributed by atoms with van der Waals surface area (Å²) in [4.78, 5) is 25.3. The molecule has 1 atom stereocenters. The van der Waals surface area contributed by atoms with E-state index in [4.69, 9.17) is 4.74 Å². The molecule has 1 aliphatic heterocycles. The molecule has 0 aliphatic carbocycles. The van der Waals surface area contributed by atoms with E-state index in [-0.39, 0.29) is 17.7 Å². The predicted octanol–water partition coefficient (Wildman–Crippen LogP) is 2.86. The molecule has 1 aromatic carbocycles. The maximum atomic E-state index is 12.2. The van der Waals surface area contributed by atoms with Gasteiger partial charge in [-0.2, -0.15) is 0 Å². The van der Waals surface area contributed by atoms with Crippen LogP contribution in [0.1, 0.15) is 39.2 Å². The Morgan fingerprint density at radius 1 is 1.33 bits per heavy atom. The van der Waals surface area contributed by atoms with Crippen molar-refractivity contribution in [3.63, 3.8) is 0 Å². The van der Waals surface area contributed by atoms with Gasteiger partial charge in [0.25, 0.3) is 0 Å². The van der Waals surface area contributed by atoms with Gasteiger partial charge < -0.3 is 9.84 Å². The SMILES string of the molecule is CC(C)(C)OC(=O)N1C(=O)CC[C@@H]1Cc1ccc(O)cc1. The van der Waals surface area contributed by atoms with E-state index in [0.29, 0.717) is 19.3 Å². The van der Waals surface area contributed by atoms with E-state index in [1.165, 1.54) is 4.90 Å². The zero-order valence-electron chi connectivity index (χ0n) is 12.6. The van der Waals surface area contributed by atoms with Crippen LogP contribution in [0.15, 0.2) is 24.3 Å². The van der Waals surface area contributed by atoms with Crippen molar-refractivity contribution in [2.24, 2.45) is 0 Å². The van der Waals surface area contributed by atoms with E-state index < -0.39 is 11.7 Å². The summed E-state index contributed by atoms with van der Waals surface area (Å²) in [7, 11) is 0. The molecule has 1 aromatic rings. The van der Waals surface area contributed by atoms with Crippen LogP contribution in [0.2, 0.25) is 0 Å². The van der Waals surface area contributed by atoms with Gasteiger partial charge in [0.1, 0.15) is 11.4 Å². The Morgan fingerprint density at radius 3 is 2.52 bits per heavy atom. The van der Waals surface area contributed by atoms with Gasteiger partial charge in [-0.05, 0) is 51.3 Å². The molecular formula is C16H21NO4. The molecule has 1 aliphatic rings. The van der Waals surface area contributed by atoms with E-state index in [1.807, 2.05) is 0 Å². The number of rotatable bonds is 2. The molecule has 1 fully saturated rings. The van der Waals surface area contributed by atoms with Crippen molar-refractivity contribution in [1.29, 1.82) is 0 Å². The van der Waals surface area contributed by atoms with Crippen molar-refractivity contribution in [3.05, 3.63) is 29.8 Å². The van der Waals surface area contributed by atoms with Crippen LogP contribution in [0.3, 0.4) is 0 Å². The first-order chi connectivity index (χ1) is 9.76. The van der Waals surface area contributed by atoms with Crippen LogP contribution < -0.4 is 0 Å². The van der Waals surface area contributed by atoms with Gasteiger partial charge in [0.05, 0.1) is 0 Å². The van der Waals surface area contributed by atoms with Crippen LogP contribution in [0.5, 0.6) is 5.75 Å². The lowest BCUT2D eigenvalue weighted by Crippen LogP contribution is -2.43. The summed E-state index contributed by atoms with van der Waals surface area (Å²) >= 11 is 0. The number of amides is 2. The Balaban J connectivity index is 2.09. The number of imide groups is 1. The standard InChI is InChI=1S/C16H21NO4/c1-16(2,3)21-15(20)17-12(6-9-14(17)19)10-11-4-7-13(18)8-5-11/h4-5,7-8,12,18H,6,9-10H2,1-3H3/t12-/m1/s1. The summed E-state index contributed by atoms with van der Waals surface area (Å²) in [5, 5.41) is 9.29. The first kappa shape index (κ1) is 15.4. The molecule has 5 nitrogen and oxygen atoms in total. The van der Waals surface area contributed by atoms with Gasteiger partial charge >= 0.3 is 6.09 Å². The second-order valence-corrected chi connectivity index (χ2v) is 6.31. The summed E-state index contributed by atoms with van der Waals surface area (Å²) in [6, 6.07) is 6.61. The van der Waals surface area contributed by atoms with E-state index >= 15 is 0 Å². The number of ether oxygens (including phenoxy) is 1. The number of carbonyl (C=O) groups is 2. The quantitative estimate of drug-likeness (QED) is 0.910. The second kappa shape index (κ2) is 5.76. The largest absolute Gasteiger partial charge is 0.508 e.